The Morgan fingerprint density at radius 1 is 1.07 bits per heavy atom. The standard InChI is InChI=1S/C22H25F2NO3/c1-14-10-15(2)22(16(3)11-14)27-13-21(26)25-8-6-18(7-9-25)28-20-5-4-17(23)12-19(20)24/h4-5,10-12,18H,6-9,13H2,1-3H3. The highest BCUT2D eigenvalue weighted by molar-refractivity contribution is 5.78. The van der Waals surface area contributed by atoms with Crippen molar-refractivity contribution in [2.75, 3.05) is 19.7 Å². The average molecular weight is 389 g/mol. The maximum absolute atomic E-state index is 13.7. The van der Waals surface area contributed by atoms with Gasteiger partial charge in [-0.1, -0.05) is 17.7 Å². The second-order valence-corrected chi connectivity index (χ2v) is 7.29. The van der Waals surface area contributed by atoms with Crippen LogP contribution in [0.4, 0.5) is 8.78 Å². The summed E-state index contributed by atoms with van der Waals surface area (Å²) in [5.74, 6) is -0.630. The lowest BCUT2D eigenvalue weighted by atomic mass is 10.1. The number of piperidine rings is 1. The molecule has 3 rings (SSSR count). The number of rotatable bonds is 5. The molecule has 0 aliphatic carbocycles. The van der Waals surface area contributed by atoms with Crippen LogP contribution >= 0.6 is 0 Å². The Bertz CT molecular complexity index is 838. The minimum Gasteiger partial charge on any atom is -0.487 e. The highest BCUT2D eigenvalue weighted by Gasteiger charge is 2.25. The summed E-state index contributed by atoms with van der Waals surface area (Å²) in [6.07, 6.45) is 0.975. The quantitative estimate of drug-likeness (QED) is 0.764. The third kappa shape index (κ3) is 4.80. The molecule has 0 N–H and O–H groups in total. The fourth-order valence-corrected chi connectivity index (χ4v) is 3.59. The zero-order valence-electron chi connectivity index (χ0n) is 16.4. The molecule has 28 heavy (non-hydrogen) atoms. The van der Waals surface area contributed by atoms with E-state index in [1.165, 1.54) is 12.1 Å². The fraction of sp³-hybridized carbons (Fsp3) is 0.409. The van der Waals surface area contributed by atoms with E-state index >= 15 is 0 Å². The van der Waals surface area contributed by atoms with Gasteiger partial charge in [0.05, 0.1) is 0 Å². The molecule has 6 heteroatoms. The SMILES string of the molecule is Cc1cc(C)c(OCC(=O)N2CCC(Oc3ccc(F)cc3F)CC2)c(C)c1. The van der Waals surface area contributed by atoms with E-state index in [4.69, 9.17) is 9.47 Å². The van der Waals surface area contributed by atoms with Gasteiger partial charge in [0.2, 0.25) is 0 Å². The Morgan fingerprint density at radius 3 is 2.32 bits per heavy atom. The summed E-state index contributed by atoms with van der Waals surface area (Å²) >= 11 is 0. The van der Waals surface area contributed by atoms with Gasteiger partial charge in [-0.2, -0.15) is 0 Å². The van der Waals surface area contributed by atoms with E-state index in [-0.39, 0.29) is 24.4 Å². The molecule has 0 saturated carbocycles. The topological polar surface area (TPSA) is 38.8 Å². The Labute approximate surface area is 164 Å². The van der Waals surface area contributed by atoms with Gasteiger partial charge in [0.15, 0.2) is 18.2 Å². The van der Waals surface area contributed by atoms with Gasteiger partial charge in [-0.3, -0.25) is 4.79 Å². The molecule has 0 radical (unpaired) electrons. The zero-order valence-corrected chi connectivity index (χ0v) is 16.4. The maximum atomic E-state index is 13.7. The molecule has 150 valence electrons. The second-order valence-electron chi connectivity index (χ2n) is 7.29. The number of amides is 1. The molecule has 0 unspecified atom stereocenters. The molecule has 0 bridgehead atoms. The van der Waals surface area contributed by atoms with Crippen molar-refractivity contribution in [3.8, 4) is 11.5 Å². The first-order chi connectivity index (χ1) is 13.3. The molecule has 0 atom stereocenters. The number of likely N-dealkylation sites (tertiary alicyclic amines) is 1. The van der Waals surface area contributed by atoms with Crippen LogP contribution in [0.25, 0.3) is 0 Å². The van der Waals surface area contributed by atoms with Crippen molar-refractivity contribution >= 4 is 5.91 Å². The number of halogens is 2. The van der Waals surface area contributed by atoms with Crippen LogP contribution in [0.1, 0.15) is 29.5 Å². The predicted molar refractivity (Wildman–Crippen MR) is 103 cm³/mol. The van der Waals surface area contributed by atoms with E-state index in [1.807, 2.05) is 32.9 Å². The lowest BCUT2D eigenvalue weighted by Gasteiger charge is -2.32. The van der Waals surface area contributed by atoms with Crippen molar-refractivity contribution in [2.24, 2.45) is 0 Å². The van der Waals surface area contributed by atoms with E-state index in [0.717, 1.165) is 28.5 Å². The average Bonchev–Trinajstić information content (AvgIpc) is 2.63. The summed E-state index contributed by atoms with van der Waals surface area (Å²) in [4.78, 5) is 14.2. The van der Waals surface area contributed by atoms with Crippen LogP contribution in [-0.2, 0) is 4.79 Å². The monoisotopic (exact) mass is 389 g/mol. The number of hydrogen-bond acceptors (Lipinski definition) is 3. The van der Waals surface area contributed by atoms with Gasteiger partial charge in [0, 0.05) is 32.0 Å². The lowest BCUT2D eigenvalue weighted by molar-refractivity contribution is -0.135. The number of nitrogens with zero attached hydrogens (tertiary/aromatic N) is 1. The molecule has 2 aromatic rings. The Kier molecular flexibility index (Phi) is 6.17. The summed E-state index contributed by atoms with van der Waals surface area (Å²) < 4.78 is 38.1. The maximum Gasteiger partial charge on any atom is 0.260 e. The summed E-state index contributed by atoms with van der Waals surface area (Å²) in [5.41, 5.74) is 3.19. The lowest BCUT2D eigenvalue weighted by Crippen LogP contribution is -2.43. The molecule has 1 saturated heterocycles. The first-order valence-electron chi connectivity index (χ1n) is 9.43. The van der Waals surface area contributed by atoms with Crippen molar-refractivity contribution in [3.05, 3.63) is 58.7 Å². The van der Waals surface area contributed by atoms with Crippen LogP contribution in [0.2, 0.25) is 0 Å². The van der Waals surface area contributed by atoms with Gasteiger partial charge in [0.1, 0.15) is 17.7 Å². The summed E-state index contributed by atoms with van der Waals surface area (Å²) in [5, 5.41) is 0. The molecule has 0 spiro atoms. The number of benzene rings is 2. The van der Waals surface area contributed by atoms with Crippen LogP contribution < -0.4 is 9.47 Å². The Hall–Kier alpha value is -2.63. The van der Waals surface area contributed by atoms with Crippen LogP contribution in [0.15, 0.2) is 30.3 Å². The number of carbonyl (C=O) groups excluding carboxylic acids is 1. The number of hydrogen-bond donors (Lipinski definition) is 0. The van der Waals surface area contributed by atoms with Gasteiger partial charge in [0.25, 0.3) is 5.91 Å². The highest BCUT2D eigenvalue weighted by atomic mass is 19.1. The normalized spacial score (nSPS) is 14.8. The zero-order chi connectivity index (χ0) is 20.3. The van der Waals surface area contributed by atoms with Gasteiger partial charge >= 0.3 is 0 Å². The summed E-state index contributed by atoms with van der Waals surface area (Å²) in [6, 6.07) is 7.33. The second kappa shape index (κ2) is 8.59. The molecule has 1 aliphatic heterocycles. The minimum absolute atomic E-state index is 0.0111. The van der Waals surface area contributed by atoms with Gasteiger partial charge in [-0.25, -0.2) is 8.78 Å². The van der Waals surface area contributed by atoms with Gasteiger partial charge < -0.3 is 14.4 Å². The molecule has 1 amide bonds. The molecule has 1 aliphatic rings. The first-order valence-corrected chi connectivity index (χ1v) is 9.43. The fourth-order valence-electron chi connectivity index (χ4n) is 3.59. The molecule has 2 aromatic carbocycles. The summed E-state index contributed by atoms with van der Waals surface area (Å²) in [7, 11) is 0. The van der Waals surface area contributed by atoms with Gasteiger partial charge in [-0.15, -0.1) is 0 Å². The molecular formula is C22H25F2NO3. The van der Waals surface area contributed by atoms with Crippen LogP contribution in [0, 0.1) is 32.4 Å². The molecular weight excluding hydrogens is 364 g/mol. The number of aryl methyl sites for hydroxylation is 3. The predicted octanol–water partition coefficient (Wildman–Crippen LogP) is 4.34. The summed E-state index contributed by atoms with van der Waals surface area (Å²) in [6.45, 7) is 6.99. The van der Waals surface area contributed by atoms with Crippen molar-refractivity contribution in [2.45, 2.75) is 39.7 Å². The van der Waals surface area contributed by atoms with E-state index in [0.29, 0.717) is 25.9 Å². The van der Waals surface area contributed by atoms with E-state index in [1.54, 1.807) is 4.90 Å². The van der Waals surface area contributed by atoms with Crippen LogP contribution in [-0.4, -0.2) is 36.6 Å². The molecule has 0 aromatic heterocycles. The van der Waals surface area contributed by atoms with E-state index < -0.39 is 11.6 Å². The van der Waals surface area contributed by atoms with Crippen LogP contribution in [0.3, 0.4) is 0 Å². The van der Waals surface area contributed by atoms with Crippen molar-refractivity contribution in [3.63, 3.8) is 0 Å². The van der Waals surface area contributed by atoms with Gasteiger partial charge in [-0.05, 0) is 44.0 Å². The Morgan fingerprint density at radius 2 is 1.71 bits per heavy atom. The van der Waals surface area contributed by atoms with Crippen molar-refractivity contribution in [1.82, 2.24) is 4.90 Å². The highest BCUT2D eigenvalue weighted by Crippen LogP contribution is 2.25. The third-order valence-electron chi connectivity index (χ3n) is 4.93. The van der Waals surface area contributed by atoms with E-state index in [9.17, 15) is 13.6 Å². The molecule has 1 fully saturated rings. The Balaban J connectivity index is 1.50. The smallest absolute Gasteiger partial charge is 0.260 e. The van der Waals surface area contributed by atoms with Crippen molar-refractivity contribution in [1.29, 1.82) is 0 Å². The van der Waals surface area contributed by atoms with E-state index in [2.05, 4.69) is 0 Å². The molecule has 1 heterocycles. The number of carbonyl (C=O) groups is 1. The van der Waals surface area contributed by atoms with Crippen LogP contribution in [0.5, 0.6) is 11.5 Å². The third-order valence-corrected chi connectivity index (χ3v) is 4.93. The first kappa shape index (κ1) is 20.1. The minimum atomic E-state index is -0.712. The molecule has 4 nitrogen and oxygen atoms in total. The number of ether oxygens (including phenoxy) is 2. The van der Waals surface area contributed by atoms with Crippen molar-refractivity contribution < 1.29 is 23.0 Å². The largest absolute Gasteiger partial charge is 0.487 e.